The molecule has 2 aromatic rings. The van der Waals surface area contributed by atoms with E-state index in [1.165, 1.54) is 10.5 Å². The number of aryl methyl sites for hydroxylation is 1. The molecule has 0 N–H and O–H groups in total. The number of rotatable bonds is 2. The van der Waals surface area contributed by atoms with Crippen molar-refractivity contribution in [2.75, 3.05) is 0 Å². The Kier molecular flexibility index (Phi) is 3.29. The number of nitrogens with zero attached hydrogens (tertiary/aromatic N) is 1. The molecule has 0 aliphatic heterocycles. The molecule has 0 radical (unpaired) electrons. The second kappa shape index (κ2) is 4.69. The first-order valence-electron chi connectivity index (χ1n) is 4.61. The Morgan fingerprint density at radius 3 is 2.60 bits per heavy atom. The van der Waals surface area contributed by atoms with Gasteiger partial charge in [0.25, 0.3) is 0 Å². The first kappa shape index (κ1) is 10.5. The minimum absolute atomic E-state index is 0.670. The second-order valence-corrected chi connectivity index (χ2v) is 4.68. The topological polar surface area (TPSA) is 12.9 Å². The molecule has 76 valence electrons. The molecule has 0 saturated carbocycles. The molecular weight excluding hydrogens is 226 g/mol. The van der Waals surface area contributed by atoms with Crippen LogP contribution >= 0.6 is 23.4 Å². The maximum Gasteiger partial charge on any atom is 0.101 e. The van der Waals surface area contributed by atoms with E-state index in [4.69, 9.17) is 11.6 Å². The molecule has 0 unspecified atom stereocenters. The van der Waals surface area contributed by atoms with Crippen LogP contribution in [0.1, 0.15) is 5.56 Å². The molecule has 0 aliphatic rings. The van der Waals surface area contributed by atoms with Crippen molar-refractivity contribution in [2.45, 2.75) is 16.8 Å². The van der Waals surface area contributed by atoms with Crippen LogP contribution in [0.5, 0.6) is 0 Å². The van der Waals surface area contributed by atoms with Gasteiger partial charge in [-0.05, 0) is 30.7 Å². The third-order valence-electron chi connectivity index (χ3n) is 2.01. The van der Waals surface area contributed by atoms with Crippen LogP contribution in [0.4, 0.5) is 0 Å². The summed E-state index contributed by atoms with van der Waals surface area (Å²) in [6.45, 7) is 2.10. The molecule has 0 amide bonds. The Hall–Kier alpha value is -0.990. The van der Waals surface area contributed by atoms with E-state index in [-0.39, 0.29) is 0 Å². The van der Waals surface area contributed by atoms with E-state index < -0.39 is 0 Å². The lowest BCUT2D eigenvalue weighted by Crippen LogP contribution is -1.81. The summed E-state index contributed by atoms with van der Waals surface area (Å²) >= 11 is 7.43. The Bertz CT molecular complexity index is 453. The molecule has 1 aromatic carbocycles. The highest BCUT2D eigenvalue weighted by molar-refractivity contribution is 7.99. The molecule has 15 heavy (non-hydrogen) atoms. The maximum absolute atomic E-state index is 5.77. The van der Waals surface area contributed by atoms with Crippen molar-refractivity contribution in [1.82, 2.24) is 4.98 Å². The van der Waals surface area contributed by atoms with Crippen LogP contribution in [0.2, 0.25) is 5.02 Å². The zero-order valence-electron chi connectivity index (χ0n) is 8.27. The highest BCUT2D eigenvalue weighted by Gasteiger charge is 2.00. The molecule has 0 aliphatic carbocycles. The minimum atomic E-state index is 0.670. The summed E-state index contributed by atoms with van der Waals surface area (Å²) in [4.78, 5) is 5.47. The van der Waals surface area contributed by atoms with Crippen LogP contribution < -0.4 is 0 Å². The fourth-order valence-electron chi connectivity index (χ4n) is 1.21. The molecule has 1 nitrogen and oxygen atoms in total. The van der Waals surface area contributed by atoms with Gasteiger partial charge in [0.05, 0.1) is 5.02 Å². The van der Waals surface area contributed by atoms with Crippen molar-refractivity contribution in [2.24, 2.45) is 0 Å². The fraction of sp³-hybridized carbons (Fsp3) is 0.0833. The predicted octanol–water partition coefficient (Wildman–Crippen LogP) is 4.19. The van der Waals surface area contributed by atoms with Gasteiger partial charge in [0, 0.05) is 11.1 Å². The van der Waals surface area contributed by atoms with Gasteiger partial charge in [0.1, 0.15) is 5.03 Å². The van der Waals surface area contributed by atoms with Gasteiger partial charge in [0.2, 0.25) is 0 Å². The van der Waals surface area contributed by atoms with Gasteiger partial charge in [-0.1, -0.05) is 41.6 Å². The quantitative estimate of drug-likeness (QED) is 0.774. The van der Waals surface area contributed by atoms with E-state index in [1.54, 1.807) is 18.0 Å². The third-order valence-corrected chi connectivity index (χ3v) is 3.36. The number of pyridine rings is 1. The number of hydrogen-bond donors (Lipinski definition) is 0. The van der Waals surface area contributed by atoms with Crippen LogP contribution in [0.15, 0.2) is 52.5 Å². The van der Waals surface area contributed by atoms with Crippen molar-refractivity contribution < 1.29 is 0 Å². The van der Waals surface area contributed by atoms with Crippen LogP contribution in [-0.4, -0.2) is 4.98 Å². The van der Waals surface area contributed by atoms with Crippen molar-refractivity contribution in [1.29, 1.82) is 0 Å². The van der Waals surface area contributed by atoms with E-state index in [0.29, 0.717) is 5.02 Å². The van der Waals surface area contributed by atoms with Gasteiger partial charge in [-0.2, -0.15) is 0 Å². The Morgan fingerprint density at radius 2 is 1.93 bits per heavy atom. The molecule has 3 heteroatoms. The number of benzene rings is 1. The van der Waals surface area contributed by atoms with Crippen molar-refractivity contribution in [3.63, 3.8) is 0 Å². The molecule has 0 saturated heterocycles. The van der Waals surface area contributed by atoms with Crippen LogP contribution in [-0.2, 0) is 0 Å². The highest BCUT2D eigenvalue weighted by atomic mass is 35.5. The number of aromatic nitrogens is 1. The lowest BCUT2D eigenvalue weighted by Gasteiger charge is -2.03. The zero-order chi connectivity index (χ0) is 10.7. The van der Waals surface area contributed by atoms with Gasteiger partial charge in [0.15, 0.2) is 0 Å². The van der Waals surface area contributed by atoms with Gasteiger partial charge >= 0.3 is 0 Å². The standard InChI is InChI=1S/C12H10ClNS/c1-9-4-2-3-5-11(9)15-12-7-6-10(13)8-14-12/h2-8H,1H3. The first-order valence-corrected chi connectivity index (χ1v) is 5.80. The lowest BCUT2D eigenvalue weighted by molar-refractivity contribution is 1.13. The maximum atomic E-state index is 5.77. The Labute approximate surface area is 98.5 Å². The van der Waals surface area contributed by atoms with E-state index in [0.717, 1.165) is 5.03 Å². The average molecular weight is 236 g/mol. The summed E-state index contributed by atoms with van der Waals surface area (Å²) in [6, 6.07) is 12.0. The number of halogens is 1. The van der Waals surface area contributed by atoms with Gasteiger partial charge < -0.3 is 0 Å². The normalized spacial score (nSPS) is 10.3. The summed E-state index contributed by atoms with van der Waals surface area (Å²) in [7, 11) is 0. The summed E-state index contributed by atoms with van der Waals surface area (Å²) in [5.74, 6) is 0. The zero-order valence-corrected chi connectivity index (χ0v) is 9.85. The van der Waals surface area contributed by atoms with E-state index >= 15 is 0 Å². The molecule has 1 aromatic heterocycles. The molecule has 0 fully saturated rings. The summed E-state index contributed by atoms with van der Waals surface area (Å²) in [5.41, 5.74) is 1.26. The third kappa shape index (κ3) is 2.74. The van der Waals surface area contributed by atoms with Crippen LogP contribution in [0, 0.1) is 6.92 Å². The number of hydrogen-bond acceptors (Lipinski definition) is 2. The molecule has 0 spiro atoms. The van der Waals surface area contributed by atoms with Crippen molar-refractivity contribution in [3.05, 3.63) is 53.2 Å². The van der Waals surface area contributed by atoms with Gasteiger partial charge in [-0.15, -0.1) is 0 Å². The van der Waals surface area contributed by atoms with E-state index in [9.17, 15) is 0 Å². The molecule has 2 rings (SSSR count). The summed E-state index contributed by atoms with van der Waals surface area (Å²) in [6.07, 6.45) is 1.67. The smallest absolute Gasteiger partial charge is 0.101 e. The average Bonchev–Trinajstić information content (AvgIpc) is 2.25. The molecule has 1 heterocycles. The summed E-state index contributed by atoms with van der Waals surface area (Å²) in [5, 5.41) is 1.64. The lowest BCUT2D eigenvalue weighted by atomic mass is 10.2. The van der Waals surface area contributed by atoms with Crippen molar-refractivity contribution in [3.8, 4) is 0 Å². The molecule has 0 bridgehead atoms. The second-order valence-electron chi connectivity index (χ2n) is 3.18. The summed E-state index contributed by atoms with van der Waals surface area (Å²) < 4.78 is 0. The van der Waals surface area contributed by atoms with E-state index in [2.05, 4.69) is 24.0 Å². The monoisotopic (exact) mass is 235 g/mol. The Morgan fingerprint density at radius 1 is 1.13 bits per heavy atom. The molecule has 0 atom stereocenters. The van der Waals surface area contributed by atoms with Crippen molar-refractivity contribution >= 4 is 23.4 Å². The predicted molar refractivity (Wildman–Crippen MR) is 64.5 cm³/mol. The van der Waals surface area contributed by atoms with Gasteiger partial charge in [-0.25, -0.2) is 4.98 Å². The van der Waals surface area contributed by atoms with E-state index in [1.807, 2.05) is 24.3 Å². The molecular formula is C12H10ClNS. The van der Waals surface area contributed by atoms with Gasteiger partial charge in [-0.3, -0.25) is 0 Å². The SMILES string of the molecule is Cc1ccccc1Sc1ccc(Cl)cn1. The largest absolute Gasteiger partial charge is 0.248 e. The van der Waals surface area contributed by atoms with Crippen LogP contribution in [0.25, 0.3) is 0 Å². The highest BCUT2D eigenvalue weighted by Crippen LogP contribution is 2.28. The Balaban J connectivity index is 2.22. The fourth-order valence-corrected chi connectivity index (χ4v) is 2.16. The minimum Gasteiger partial charge on any atom is -0.248 e. The van der Waals surface area contributed by atoms with Crippen LogP contribution in [0.3, 0.4) is 0 Å². The first-order chi connectivity index (χ1) is 7.25.